The highest BCUT2D eigenvalue weighted by Gasteiger charge is 2.14. The molecule has 1 atom stereocenters. The van der Waals surface area contributed by atoms with Crippen molar-refractivity contribution >= 4 is 11.4 Å². The van der Waals surface area contributed by atoms with Gasteiger partial charge in [0.25, 0.3) is 0 Å². The number of nitrogens with one attached hydrogen (secondary N) is 1. The van der Waals surface area contributed by atoms with Gasteiger partial charge in [0, 0.05) is 30.2 Å². The zero-order valence-electron chi connectivity index (χ0n) is 9.93. The van der Waals surface area contributed by atoms with Crippen LogP contribution in [0.25, 0.3) is 11.1 Å². The number of hydrogen-bond donors (Lipinski definition) is 5. The van der Waals surface area contributed by atoms with Gasteiger partial charge in [-0.15, -0.1) is 0 Å². The maximum absolute atomic E-state index is 9.58. The average molecular weight is 247 g/mol. The fourth-order valence-electron chi connectivity index (χ4n) is 1.99. The van der Waals surface area contributed by atoms with Gasteiger partial charge in [0.2, 0.25) is 0 Å². The maximum Gasteiger partial charge on any atom is 0.0812 e. The first-order valence-corrected chi connectivity index (χ1v) is 5.71. The number of H-pyrrole nitrogens is 1. The van der Waals surface area contributed by atoms with Crippen LogP contribution < -0.4 is 11.5 Å². The monoisotopic (exact) mass is 247 g/mol. The highest BCUT2D eigenvalue weighted by Crippen LogP contribution is 2.31. The van der Waals surface area contributed by atoms with Crippen LogP contribution in [0.1, 0.15) is 5.56 Å². The predicted molar refractivity (Wildman–Crippen MR) is 71.9 cm³/mol. The largest absolute Gasteiger partial charge is 0.399 e. The molecule has 96 valence electrons. The molecule has 0 aliphatic carbocycles. The van der Waals surface area contributed by atoms with Gasteiger partial charge in [-0.05, 0) is 34.9 Å². The molecule has 0 fully saturated rings. The second-order valence-electron chi connectivity index (χ2n) is 4.28. The molecule has 1 unspecified atom stereocenters. The highest BCUT2D eigenvalue weighted by molar-refractivity contribution is 5.77. The van der Waals surface area contributed by atoms with E-state index in [2.05, 4.69) is 4.98 Å². The molecule has 0 amide bonds. The zero-order valence-corrected chi connectivity index (χ0v) is 9.93. The first-order chi connectivity index (χ1) is 8.61. The third kappa shape index (κ3) is 2.47. The summed E-state index contributed by atoms with van der Waals surface area (Å²) < 4.78 is 0. The Kier molecular flexibility index (Phi) is 3.55. The number of hydrogen-bond acceptors (Lipinski definition) is 4. The van der Waals surface area contributed by atoms with E-state index in [9.17, 15) is 5.11 Å². The first kappa shape index (κ1) is 12.5. The molecule has 18 heavy (non-hydrogen) atoms. The molecular formula is C13H17N3O2. The van der Waals surface area contributed by atoms with Crippen LogP contribution in [0.3, 0.4) is 0 Å². The zero-order chi connectivity index (χ0) is 13.1. The van der Waals surface area contributed by atoms with Crippen molar-refractivity contribution in [2.75, 3.05) is 18.1 Å². The van der Waals surface area contributed by atoms with Crippen molar-refractivity contribution in [3.8, 4) is 11.1 Å². The van der Waals surface area contributed by atoms with Crippen molar-refractivity contribution in [1.82, 2.24) is 4.98 Å². The van der Waals surface area contributed by atoms with Gasteiger partial charge in [-0.2, -0.15) is 0 Å². The van der Waals surface area contributed by atoms with E-state index < -0.39 is 6.10 Å². The van der Waals surface area contributed by atoms with Crippen LogP contribution in [0.5, 0.6) is 0 Å². The van der Waals surface area contributed by atoms with E-state index in [1.807, 2.05) is 18.3 Å². The van der Waals surface area contributed by atoms with Crippen LogP contribution in [0.2, 0.25) is 0 Å². The van der Waals surface area contributed by atoms with E-state index in [1.54, 1.807) is 12.3 Å². The van der Waals surface area contributed by atoms with Crippen molar-refractivity contribution in [2.45, 2.75) is 12.5 Å². The Bertz CT molecular complexity index is 523. The van der Waals surface area contributed by atoms with Gasteiger partial charge in [-0.3, -0.25) is 0 Å². The first-order valence-electron chi connectivity index (χ1n) is 5.71. The van der Waals surface area contributed by atoms with E-state index in [-0.39, 0.29) is 6.61 Å². The summed E-state index contributed by atoms with van der Waals surface area (Å²) in [5.74, 6) is 0. The molecule has 5 heteroatoms. The average Bonchev–Trinajstić information content (AvgIpc) is 2.85. The van der Waals surface area contributed by atoms with Crippen LogP contribution in [-0.2, 0) is 6.42 Å². The molecule has 1 heterocycles. The number of rotatable bonds is 4. The maximum atomic E-state index is 9.58. The number of benzene rings is 1. The molecular weight excluding hydrogens is 230 g/mol. The number of aliphatic hydroxyl groups excluding tert-OH is 2. The molecule has 0 bridgehead atoms. The molecule has 2 rings (SSSR count). The van der Waals surface area contributed by atoms with E-state index >= 15 is 0 Å². The lowest BCUT2D eigenvalue weighted by molar-refractivity contribution is 0.0957. The second-order valence-corrected chi connectivity index (χ2v) is 4.28. The summed E-state index contributed by atoms with van der Waals surface area (Å²) >= 11 is 0. The van der Waals surface area contributed by atoms with Crippen molar-refractivity contribution in [1.29, 1.82) is 0 Å². The molecule has 2 aromatic rings. The minimum absolute atomic E-state index is 0.295. The fourth-order valence-corrected chi connectivity index (χ4v) is 1.99. The van der Waals surface area contributed by atoms with Gasteiger partial charge in [0.15, 0.2) is 0 Å². The van der Waals surface area contributed by atoms with Gasteiger partial charge >= 0.3 is 0 Å². The Labute approximate surface area is 105 Å². The summed E-state index contributed by atoms with van der Waals surface area (Å²) in [6.07, 6.45) is 3.11. The number of aliphatic hydroxyl groups is 2. The molecule has 1 aromatic carbocycles. The predicted octanol–water partition coefficient (Wildman–Crippen LogP) is 0.742. The lowest BCUT2D eigenvalue weighted by Crippen LogP contribution is -2.17. The summed E-state index contributed by atoms with van der Waals surface area (Å²) in [6, 6.07) is 5.39. The standard InChI is InChI=1S/C13H17N3O2/c14-9-3-11(8-1-2-16-6-8)12(13(15)4-9)5-10(18)7-17/h1-4,6,10,16-18H,5,7,14-15H2. The highest BCUT2D eigenvalue weighted by atomic mass is 16.3. The minimum atomic E-state index is -0.825. The van der Waals surface area contributed by atoms with Crippen LogP contribution >= 0.6 is 0 Å². The van der Waals surface area contributed by atoms with Crippen LogP contribution in [-0.4, -0.2) is 27.9 Å². The molecule has 0 saturated carbocycles. The Balaban J connectivity index is 2.49. The molecule has 0 aliphatic heterocycles. The Morgan fingerprint density at radius 2 is 2.06 bits per heavy atom. The van der Waals surface area contributed by atoms with Crippen LogP contribution in [0.4, 0.5) is 11.4 Å². The van der Waals surface area contributed by atoms with Crippen LogP contribution in [0.15, 0.2) is 30.6 Å². The lowest BCUT2D eigenvalue weighted by atomic mass is 9.95. The molecule has 0 aliphatic rings. The van der Waals surface area contributed by atoms with Gasteiger partial charge in [-0.25, -0.2) is 0 Å². The Hall–Kier alpha value is -1.98. The fraction of sp³-hybridized carbons (Fsp3) is 0.231. The van der Waals surface area contributed by atoms with Crippen LogP contribution in [0, 0.1) is 0 Å². The number of anilines is 2. The van der Waals surface area contributed by atoms with Gasteiger partial charge in [0.05, 0.1) is 12.7 Å². The number of aromatic nitrogens is 1. The van der Waals surface area contributed by atoms with Gasteiger partial charge < -0.3 is 26.7 Å². The smallest absolute Gasteiger partial charge is 0.0812 e. The van der Waals surface area contributed by atoms with E-state index in [4.69, 9.17) is 16.6 Å². The van der Waals surface area contributed by atoms with Crippen molar-refractivity contribution in [2.24, 2.45) is 0 Å². The topological polar surface area (TPSA) is 108 Å². The third-order valence-electron chi connectivity index (χ3n) is 2.87. The third-order valence-corrected chi connectivity index (χ3v) is 2.87. The molecule has 5 nitrogen and oxygen atoms in total. The van der Waals surface area contributed by atoms with Crippen molar-refractivity contribution < 1.29 is 10.2 Å². The quantitative estimate of drug-likeness (QED) is 0.513. The summed E-state index contributed by atoms with van der Waals surface area (Å²) in [5.41, 5.74) is 15.5. The molecule has 7 N–H and O–H groups in total. The summed E-state index contributed by atoms with van der Waals surface area (Å²) in [4.78, 5) is 2.97. The normalized spacial score (nSPS) is 12.6. The summed E-state index contributed by atoms with van der Waals surface area (Å²) in [6.45, 7) is -0.295. The molecule has 0 spiro atoms. The van der Waals surface area contributed by atoms with Gasteiger partial charge in [0.1, 0.15) is 0 Å². The molecule has 0 saturated heterocycles. The summed E-state index contributed by atoms with van der Waals surface area (Å²) in [5, 5.41) is 18.5. The van der Waals surface area contributed by atoms with E-state index in [0.29, 0.717) is 17.8 Å². The molecule has 1 aromatic heterocycles. The Morgan fingerprint density at radius 3 is 2.67 bits per heavy atom. The second kappa shape index (κ2) is 5.12. The summed E-state index contributed by atoms with van der Waals surface area (Å²) in [7, 11) is 0. The van der Waals surface area contributed by atoms with E-state index in [0.717, 1.165) is 16.7 Å². The Morgan fingerprint density at radius 1 is 1.28 bits per heavy atom. The lowest BCUT2D eigenvalue weighted by Gasteiger charge is -2.15. The van der Waals surface area contributed by atoms with Gasteiger partial charge in [-0.1, -0.05) is 0 Å². The van der Waals surface area contributed by atoms with Crippen molar-refractivity contribution in [3.05, 3.63) is 36.2 Å². The number of aromatic amines is 1. The number of nitrogens with two attached hydrogens (primary N) is 2. The minimum Gasteiger partial charge on any atom is -0.399 e. The number of nitrogen functional groups attached to an aromatic ring is 2. The van der Waals surface area contributed by atoms with Crippen molar-refractivity contribution in [3.63, 3.8) is 0 Å². The molecule has 0 radical (unpaired) electrons. The van der Waals surface area contributed by atoms with E-state index in [1.165, 1.54) is 0 Å². The SMILES string of the molecule is Nc1cc(N)c(CC(O)CO)c(-c2cc[nH]c2)c1.